The molecule has 31 heavy (non-hydrogen) atoms. The second-order valence-corrected chi connectivity index (χ2v) is 8.20. The fraction of sp³-hybridized carbons (Fsp3) is 0.318. The summed E-state index contributed by atoms with van der Waals surface area (Å²) in [6.45, 7) is 5.95. The zero-order valence-corrected chi connectivity index (χ0v) is 18.4. The van der Waals surface area contributed by atoms with Gasteiger partial charge in [-0.15, -0.1) is 0 Å². The van der Waals surface area contributed by atoms with Crippen LogP contribution in [0.25, 0.3) is 21.9 Å². The Kier molecular flexibility index (Phi) is 6.61. The van der Waals surface area contributed by atoms with Gasteiger partial charge < -0.3 is 10.6 Å². The number of hydrogen-bond donors (Lipinski definition) is 2. The van der Waals surface area contributed by atoms with Crippen molar-refractivity contribution in [3.05, 3.63) is 48.3 Å². The molecule has 0 aliphatic rings. The minimum absolute atomic E-state index is 0.204. The van der Waals surface area contributed by atoms with Crippen molar-refractivity contribution in [2.24, 2.45) is 0 Å². The van der Waals surface area contributed by atoms with Gasteiger partial charge in [0.25, 0.3) is 5.91 Å². The molecule has 0 fully saturated rings. The van der Waals surface area contributed by atoms with E-state index in [4.69, 9.17) is 0 Å². The number of aromatic nitrogens is 5. The first-order valence-corrected chi connectivity index (χ1v) is 11.4. The molecule has 0 saturated heterocycles. The summed E-state index contributed by atoms with van der Waals surface area (Å²) < 4.78 is 1.81. The van der Waals surface area contributed by atoms with Crippen LogP contribution in [-0.2, 0) is 6.54 Å². The second kappa shape index (κ2) is 9.74. The van der Waals surface area contributed by atoms with Gasteiger partial charge in [0.1, 0.15) is 11.5 Å². The van der Waals surface area contributed by atoms with Crippen molar-refractivity contribution in [2.45, 2.75) is 32.0 Å². The summed E-state index contributed by atoms with van der Waals surface area (Å²) >= 11 is 1.60. The summed E-state index contributed by atoms with van der Waals surface area (Å²) in [5.74, 6) is 1.49. The van der Waals surface area contributed by atoms with Crippen molar-refractivity contribution in [1.29, 1.82) is 0 Å². The summed E-state index contributed by atoms with van der Waals surface area (Å²) in [6, 6.07) is 11.4. The number of thioether (sulfide) groups is 1. The number of fused-ring (bicyclic) bond motifs is 2. The van der Waals surface area contributed by atoms with Crippen LogP contribution < -0.4 is 10.6 Å². The molecule has 1 aromatic carbocycles. The van der Waals surface area contributed by atoms with E-state index in [1.165, 1.54) is 0 Å². The summed E-state index contributed by atoms with van der Waals surface area (Å²) in [4.78, 5) is 26.3. The van der Waals surface area contributed by atoms with Crippen LogP contribution in [-0.4, -0.2) is 49.5 Å². The third-order valence-electron chi connectivity index (χ3n) is 4.73. The van der Waals surface area contributed by atoms with Crippen molar-refractivity contribution in [3.63, 3.8) is 0 Å². The third-order valence-corrected chi connectivity index (χ3v) is 5.46. The van der Waals surface area contributed by atoms with Gasteiger partial charge in [0, 0.05) is 18.5 Å². The number of anilines is 1. The number of rotatable bonds is 9. The molecular formula is C22H25N7OS. The first kappa shape index (κ1) is 21.0. The van der Waals surface area contributed by atoms with Gasteiger partial charge in [-0.1, -0.05) is 49.9 Å². The number of hydrogen-bond acceptors (Lipinski definition) is 7. The smallest absolute Gasteiger partial charge is 0.269 e. The molecule has 0 unspecified atom stereocenters. The molecule has 4 rings (SSSR count). The molecule has 3 heterocycles. The Hall–Kier alpha value is -3.20. The highest BCUT2D eigenvalue weighted by molar-refractivity contribution is 7.99. The molecule has 0 bridgehead atoms. The molecule has 160 valence electrons. The molecule has 0 aliphatic heterocycles. The van der Waals surface area contributed by atoms with Crippen molar-refractivity contribution >= 4 is 45.4 Å². The Morgan fingerprint density at radius 2 is 1.94 bits per heavy atom. The molecule has 0 spiro atoms. The summed E-state index contributed by atoms with van der Waals surface area (Å²) in [7, 11) is 0. The number of carbonyl (C=O) groups is 1. The lowest BCUT2D eigenvalue weighted by molar-refractivity contribution is 0.0947. The number of benzene rings is 1. The number of pyridine rings is 1. The van der Waals surface area contributed by atoms with Crippen LogP contribution in [0.4, 0.5) is 5.82 Å². The molecule has 1 amide bonds. The zero-order valence-electron chi connectivity index (χ0n) is 17.6. The Morgan fingerprint density at radius 3 is 2.77 bits per heavy atom. The van der Waals surface area contributed by atoms with Crippen LogP contribution in [0.3, 0.4) is 0 Å². The Balaban J connectivity index is 1.47. The van der Waals surface area contributed by atoms with E-state index in [0.717, 1.165) is 51.6 Å². The minimum atomic E-state index is -0.204. The second-order valence-electron chi connectivity index (χ2n) is 6.96. The maximum Gasteiger partial charge on any atom is 0.269 e. The molecule has 9 heteroatoms. The van der Waals surface area contributed by atoms with Crippen LogP contribution in [0.1, 0.15) is 30.8 Å². The van der Waals surface area contributed by atoms with Crippen molar-refractivity contribution in [3.8, 4) is 0 Å². The normalized spacial score (nSPS) is 11.2. The van der Waals surface area contributed by atoms with Gasteiger partial charge in [0.05, 0.1) is 23.6 Å². The quantitative estimate of drug-likeness (QED) is 0.305. The standard InChI is InChI=1S/C22H25N7OS/c1-3-11-23-19-16-14-25-29(20(16)28-22(27-19)31-4-2)13-12-24-21(30)18-10-9-15-7-5-6-8-17(15)26-18/h5-10,14H,3-4,11-13H2,1-2H3,(H,24,30)(H,23,27,28). The van der Waals surface area contributed by atoms with Crippen LogP contribution >= 0.6 is 11.8 Å². The van der Waals surface area contributed by atoms with E-state index in [1.54, 1.807) is 24.0 Å². The number of nitrogens with zero attached hydrogens (tertiary/aromatic N) is 5. The average Bonchev–Trinajstić information content (AvgIpc) is 3.20. The Labute approximate surface area is 184 Å². The highest BCUT2D eigenvalue weighted by Gasteiger charge is 2.14. The van der Waals surface area contributed by atoms with E-state index < -0.39 is 0 Å². The molecular weight excluding hydrogens is 410 g/mol. The van der Waals surface area contributed by atoms with E-state index in [9.17, 15) is 4.79 Å². The SMILES string of the molecule is CCCNc1nc(SCC)nc2c1cnn2CCNC(=O)c1ccc2ccccc2n1. The molecule has 2 N–H and O–H groups in total. The van der Waals surface area contributed by atoms with E-state index in [2.05, 4.69) is 44.5 Å². The van der Waals surface area contributed by atoms with Crippen LogP contribution in [0.5, 0.6) is 0 Å². The van der Waals surface area contributed by atoms with E-state index in [1.807, 2.05) is 35.0 Å². The number of amides is 1. The predicted octanol–water partition coefficient (Wildman–Crippen LogP) is 3.74. The Morgan fingerprint density at radius 1 is 1.06 bits per heavy atom. The minimum Gasteiger partial charge on any atom is -0.369 e. The fourth-order valence-electron chi connectivity index (χ4n) is 3.23. The maximum absolute atomic E-state index is 12.5. The van der Waals surface area contributed by atoms with Crippen LogP contribution in [0.2, 0.25) is 0 Å². The highest BCUT2D eigenvalue weighted by Crippen LogP contribution is 2.24. The highest BCUT2D eigenvalue weighted by atomic mass is 32.2. The lowest BCUT2D eigenvalue weighted by atomic mass is 10.2. The van der Waals surface area contributed by atoms with E-state index >= 15 is 0 Å². The van der Waals surface area contributed by atoms with E-state index in [0.29, 0.717) is 18.8 Å². The van der Waals surface area contributed by atoms with Gasteiger partial charge in [0.15, 0.2) is 10.8 Å². The average molecular weight is 436 g/mol. The monoisotopic (exact) mass is 435 g/mol. The van der Waals surface area contributed by atoms with Crippen molar-refractivity contribution in [1.82, 2.24) is 30.0 Å². The largest absolute Gasteiger partial charge is 0.369 e. The number of nitrogens with one attached hydrogen (secondary N) is 2. The molecule has 4 aromatic rings. The van der Waals surface area contributed by atoms with Crippen molar-refractivity contribution < 1.29 is 4.79 Å². The van der Waals surface area contributed by atoms with Gasteiger partial charge in [-0.3, -0.25) is 4.79 Å². The van der Waals surface area contributed by atoms with Gasteiger partial charge in [-0.2, -0.15) is 5.10 Å². The molecule has 8 nitrogen and oxygen atoms in total. The van der Waals surface area contributed by atoms with Gasteiger partial charge in [-0.05, 0) is 24.3 Å². The Bertz CT molecular complexity index is 1210. The maximum atomic E-state index is 12.5. The van der Waals surface area contributed by atoms with Gasteiger partial charge in [-0.25, -0.2) is 19.6 Å². The van der Waals surface area contributed by atoms with Crippen LogP contribution in [0, 0.1) is 0 Å². The topological polar surface area (TPSA) is 97.6 Å². The summed E-state index contributed by atoms with van der Waals surface area (Å²) in [5, 5.41) is 13.4. The van der Waals surface area contributed by atoms with Gasteiger partial charge >= 0.3 is 0 Å². The molecule has 0 aliphatic carbocycles. The summed E-state index contributed by atoms with van der Waals surface area (Å²) in [6.07, 6.45) is 2.78. The van der Waals surface area contributed by atoms with Gasteiger partial charge in [0.2, 0.25) is 0 Å². The zero-order chi connectivity index (χ0) is 21.6. The first-order valence-electron chi connectivity index (χ1n) is 10.4. The summed E-state index contributed by atoms with van der Waals surface area (Å²) in [5.41, 5.74) is 1.97. The molecule has 0 atom stereocenters. The molecule has 0 radical (unpaired) electrons. The lowest BCUT2D eigenvalue weighted by Gasteiger charge is -2.09. The third kappa shape index (κ3) is 4.77. The fourth-order valence-corrected chi connectivity index (χ4v) is 3.79. The van der Waals surface area contributed by atoms with E-state index in [-0.39, 0.29) is 5.91 Å². The van der Waals surface area contributed by atoms with Crippen LogP contribution in [0.15, 0.2) is 47.8 Å². The number of para-hydroxylation sites is 1. The first-order chi connectivity index (χ1) is 15.2. The molecule has 0 saturated carbocycles. The lowest BCUT2D eigenvalue weighted by Crippen LogP contribution is -2.28. The molecule has 3 aromatic heterocycles. The predicted molar refractivity (Wildman–Crippen MR) is 125 cm³/mol. The van der Waals surface area contributed by atoms with Crippen molar-refractivity contribution in [2.75, 3.05) is 24.2 Å². The number of carbonyl (C=O) groups excluding carboxylic acids is 1.